The zero-order valence-electron chi connectivity index (χ0n) is 29.0. The zero-order valence-corrected chi connectivity index (χ0v) is 29.0. The van der Waals surface area contributed by atoms with E-state index in [0.717, 1.165) is 24.5 Å². The second-order valence-corrected chi connectivity index (χ2v) is 9.66. The Hall–Kier alpha value is -4.87. The molecular formula is C35H51N7O4. The third-order valence-corrected chi connectivity index (χ3v) is 6.35. The van der Waals surface area contributed by atoms with Crippen molar-refractivity contribution in [2.75, 3.05) is 70.6 Å². The van der Waals surface area contributed by atoms with Crippen LogP contribution in [-0.2, 0) is 9.59 Å². The topological polar surface area (TPSA) is 133 Å². The van der Waals surface area contributed by atoms with Gasteiger partial charge in [-0.3, -0.25) is 24.3 Å². The molecule has 2 aromatic rings. The summed E-state index contributed by atoms with van der Waals surface area (Å²) in [7, 11) is 11.0. The van der Waals surface area contributed by atoms with Crippen LogP contribution in [-0.4, -0.2) is 90.9 Å². The van der Waals surface area contributed by atoms with Crippen molar-refractivity contribution < 1.29 is 19.1 Å². The second kappa shape index (κ2) is 21.8. The minimum atomic E-state index is -0.281. The minimum Gasteiger partial charge on any atom is -0.494 e. The quantitative estimate of drug-likeness (QED) is 0.143. The van der Waals surface area contributed by atoms with E-state index in [2.05, 4.69) is 39.1 Å². The maximum Gasteiger partial charge on any atom is 0.257 e. The van der Waals surface area contributed by atoms with E-state index in [4.69, 9.17) is 14.5 Å². The highest BCUT2D eigenvalue weighted by Crippen LogP contribution is 2.40. The lowest BCUT2D eigenvalue weighted by molar-refractivity contribution is -0.113. The third kappa shape index (κ3) is 11.6. The average molecular weight is 634 g/mol. The number of aldehydes is 1. The number of nitrogens with two attached hydrogens (primary N) is 1. The first-order valence-corrected chi connectivity index (χ1v) is 14.8. The molecule has 1 aliphatic heterocycles. The van der Waals surface area contributed by atoms with Gasteiger partial charge in [-0.05, 0) is 71.6 Å². The maximum atomic E-state index is 13.3. The van der Waals surface area contributed by atoms with E-state index >= 15 is 0 Å². The number of likely N-dealkylation sites (N-methyl/N-ethyl adjacent to an activating group) is 2. The summed E-state index contributed by atoms with van der Waals surface area (Å²) in [6.07, 6.45) is 4.93. The first-order valence-electron chi connectivity index (χ1n) is 14.8. The van der Waals surface area contributed by atoms with E-state index in [-0.39, 0.29) is 11.7 Å². The van der Waals surface area contributed by atoms with Crippen LogP contribution in [0.25, 0.3) is 0 Å². The van der Waals surface area contributed by atoms with E-state index in [0.29, 0.717) is 46.0 Å². The van der Waals surface area contributed by atoms with Crippen LogP contribution < -0.4 is 25.6 Å². The van der Waals surface area contributed by atoms with Crippen LogP contribution in [0.5, 0.6) is 5.75 Å². The lowest BCUT2D eigenvalue weighted by Crippen LogP contribution is -2.40. The van der Waals surface area contributed by atoms with Gasteiger partial charge in [-0.25, -0.2) is 4.99 Å². The molecular weight excluding hydrogens is 582 g/mol. The van der Waals surface area contributed by atoms with Gasteiger partial charge in [0.05, 0.1) is 24.2 Å². The van der Waals surface area contributed by atoms with E-state index in [1.165, 1.54) is 31.0 Å². The van der Waals surface area contributed by atoms with Crippen LogP contribution in [0, 0.1) is 0 Å². The summed E-state index contributed by atoms with van der Waals surface area (Å²) in [5.41, 5.74) is 9.20. The molecule has 0 aliphatic carbocycles. The van der Waals surface area contributed by atoms with E-state index < -0.39 is 0 Å². The first kappa shape index (κ1) is 41.1. The molecule has 1 heterocycles. The number of amides is 1. The molecule has 0 radical (unpaired) electrons. The first-order chi connectivity index (χ1) is 22.0. The van der Waals surface area contributed by atoms with E-state index in [9.17, 15) is 9.59 Å². The molecule has 3 N–H and O–H groups in total. The van der Waals surface area contributed by atoms with Crippen molar-refractivity contribution in [3.63, 3.8) is 0 Å². The maximum absolute atomic E-state index is 13.3. The number of allylic oxidation sites excluding steroid dienone is 1. The van der Waals surface area contributed by atoms with Gasteiger partial charge < -0.3 is 25.6 Å². The van der Waals surface area contributed by atoms with Gasteiger partial charge in [-0.2, -0.15) is 0 Å². The molecule has 1 amide bonds. The molecule has 0 fully saturated rings. The van der Waals surface area contributed by atoms with Crippen LogP contribution in [0.3, 0.4) is 0 Å². The Labute approximate surface area is 274 Å². The Kier molecular flexibility index (Phi) is 19.5. The third-order valence-electron chi connectivity index (χ3n) is 6.35. The number of ketones is 1. The molecule has 250 valence electrons. The number of carbonyl (C=O) groups excluding carboxylic acids is 3. The van der Waals surface area contributed by atoms with Crippen molar-refractivity contribution in [3.8, 4) is 5.75 Å². The van der Waals surface area contributed by atoms with Gasteiger partial charge in [0, 0.05) is 56.7 Å². The Morgan fingerprint density at radius 1 is 1.13 bits per heavy atom. The Morgan fingerprint density at radius 3 is 2.26 bits per heavy atom. The molecule has 3 rings (SSSR count). The summed E-state index contributed by atoms with van der Waals surface area (Å²) in [5.74, 6) is 0.527. The number of methoxy groups -OCH3 is 1. The molecule has 46 heavy (non-hydrogen) atoms. The zero-order chi connectivity index (χ0) is 35.4. The van der Waals surface area contributed by atoms with Crippen LogP contribution in [0.15, 0.2) is 82.5 Å². The van der Waals surface area contributed by atoms with Crippen LogP contribution >= 0.6 is 0 Å². The standard InChI is InChI=1S/C29H36N6O3.C3H4O.C2H6.CH5N/c1-19-14-28(37)35(22-11-9-10-21(15-22)20(2)36)29(23(19)18-30-3)32-25-16-24(31-4)26(17-27(25)38-8)34(7)13-12-33(5)6;1-2-3-4;2*1-2/h9-11,14-18,31H,3,12-13H2,1-2,4-8H3;2-3H,1H2;1-2H3;2H2,1H3/b23-18-,32-29?;;;. The van der Waals surface area contributed by atoms with Gasteiger partial charge in [0.15, 0.2) is 5.78 Å². The summed E-state index contributed by atoms with van der Waals surface area (Å²) in [6.45, 7) is 15.7. The monoisotopic (exact) mass is 633 g/mol. The lowest BCUT2D eigenvalue weighted by atomic mass is 10.0. The molecule has 0 saturated heterocycles. The summed E-state index contributed by atoms with van der Waals surface area (Å²) < 4.78 is 5.75. The van der Waals surface area contributed by atoms with Crippen LogP contribution in [0.4, 0.5) is 22.7 Å². The number of ether oxygens (including phenoxy) is 1. The van der Waals surface area contributed by atoms with Crippen molar-refractivity contribution in [1.82, 2.24) is 4.90 Å². The Morgan fingerprint density at radius 2 is 1.76 bits per heavy atom. The number of benzene rings is 2. The molecule has 0 unspecified atom stereocenters. The second-order valence-electron chi connectivity index (χ2n) is 9.66. The van der Waals surface area contributed by atoms with Crippen molar-refractivity contribution >= 4 is 53.3 Å². The molecule has 11 heteroatoms. The molecule has 2 aromatic carbocycles. The van der Waals surface area contributed by atoms with Gasteiger partial charge in [-0.15, -0.1) is 0 Å². The Balaban J connectivity index is 0.00000230. The highest BCUT2D eigenvalue weighted by molar-refractivity contribution is 6.31. The summed E-state index contributed by atoms with van der Waals surface area (Å²) >= 11 is 0. The largest absolute Gasteiger partial charge is 0.494 e. The number of nitrogens with one attached hydrogen (secondary N) is 1. The van der Waals surface area contributed by atoms with Crippen LogP contribution in [0.1, 0.15) is 38.1 Å². The van der Waals surface area contributed by atoms with Crippen molar-refractivity contribution in [1.29, 1.82) is 0 Å². The fourth-order valence-electron chi connectivity index (χ4n) is 4.11. The number of hydrogen-bond donors (Lipinski definition) is 2. The number of anilines is 3. The van der Waals surface area contributed by atoms with E-state index in [1.807, 2.05) is 61.1 Å². The predicted octanol–water partition coefficient (Wildman–Crippen LogP) is 5.52. The Bertz CT molecular complexity index is 1420. The number of carbonyl (C=O) groups is 3. The molecule has 0 spiro atoms. The highest BCUT2D eigenvalue weighted by Gasteiger charge is 2.30. The number of hydrogen-bond acceptors (Lipinski definition) is 10. The van der Waals surface area contributed by atoms with Gasteiger partial charge in [0.2, 0.25) is 0 Å². The number of aliphatic imine (C=N–C) groups is 2. The van der Waals surface area contributed by atoms with Crippen LogP contribution in [0.2, 0.25) is 0 Å². The van der Waals surface area contributed by atoms with Gasteiger partial charge >= 0.3 is 0 Å². The summed E-state index contributed by atoms with van der Waals surface area (Å²) in [6, 6.07) is 10.7. The van der Waals surface area contributed by atoms with Gasteiger partial charge in [-0.1, -0.05) is 32.6 Å². The number of amidine groups is 1. The molecule has 0 bridgehead atoms. The molecule has 0 atom stereocenters. The van der Waals surface area contributed by atoms with Crippen molar-refractivity contribution in [2.24, 2.45) is 15.7 Å². The average Bonchev–Trinajstić information content (AvgIpc) is 3.07. The van der Waals surface area contributed by atoms with Crippen molar-refractivity contribution in [3.05, 3.63) is 78.0 Å². The predicted molar refractivity (Wildman–Crippen MR) is 195 cm³/mol. The number of Topliss-reactive ketones (excluding diaryl/α,β-unsaturated/α-hetero) is 1. The van der Waals surface area contributed by atoms with E-state index in [1.54, 1.807) is 37.6 Å². The fourth-order valence-corrected chi connectivity index (χ4v) is 4.11. The minimum absolute atomic E-state index is 0.0978. The molecule has 1 aliphatic rings. The molecule has 0 saturated carbocycles. The number of rotatable bonds is 11. The van der Waals surface area contributed by atoms with Crippen molar-refractivity contribution in [2.45, 2.75) is 27.7 Å². The lowest BCUT2D eigenvalue weighted by Gasteiger charge is -2.30. The SMILES string of the molecule is C=CC=O.C=N/C=C1/C(C)=CC(=O)N(c2cccc(C(C)=O)c2)C1=Nc1cc(NC)c(N(C)CCN(C)C)cc1OC.CC.CN. The summed E-state index contributed by atoms with van der Waals surface area (Å²) in [4.78, 5) is 49.1. The van der Waals surface area contributed by atoms with Gasteiger partial charge in [0.25, 0.3) is 5.91 Å². The fraction of sp³-hybridized carbons (Fsp3) is 0.343. The molecule has 11 nitrogen and oxygen atoms in total. The smallest absolute Gasteiger partial charge is 0.257 e. The summed E-state index contributed by atoms with van der Waals surface area (Å²) in [5, 5.41) is 3.26. The highest BCUT2D eigenvalue weighted by atomic mass is 16.5. The van der Waals surface area contributed by atoms with Gasteiger partial charge in [0.1, 0.15) is 23.6 Å². The molecule has 0 aromatic heterocycles. The normalized spacial score (nSPS) is 13.6. The number of nitrogens with zero attached hydrogens (tertiary/aromatic N) is 5.